The molecule has 3 N–H and O–H groups in total. The number of benzene rings is 1. The Balaban J connectivity index is 2.08. The number of rotatable bonds is 6. The topological polar surface area (TPSA) is 107 Å². The number of ether oxygens (including phenoxy) is 1. The molecule has 1 aromatic heterocycles. The molecule has 0 unspecified atom stereocenters. The number of thioether (sulfide) groups is 1. The lowest BCUT2D eigenvalue weighted by molar-refractivity contribution is -0.115. The van der Waals surface area contributed by atoms with E-state index in [0.29, 0.717) is 5.16 Å². The minimum Gasteiger partial charge on any atom is -0.462 e. The van der Waals surface area contributed by atoms with Crippen LogP contribution in [0.4, 0.5) is 11.5 Å². The molecule has 1 atom stereocenters. The van der Waals surface area contributed by atoms with Gasteiger partial charge in [-0.1, -0.05) is 29.5 Å². The molecule has 1 amide bonds. The highest BCUT2D eigenvalue weighted by molar-refractivity contribution is 8.00. The van der Waals surface area contributed by atoms with Crippen molar-refractivity contribution in [2.24, 2.45) is 0 Å². The Morgan fingerprint density at radius 3 is 2.44 bits per heavy atom. The highest BCUT2D eigenvalue weighted by atomic mass is 32.2. The van der Waals surface area contributed by atoms with Gasteiger partial charge in [-0.3, -0.25) is 4.79 Å². The van der Waals surface area contributed by atoms with Gasteiger partial charge in [0.05, 0.1) is 11.9 Å². The summed E-state index contributed by atoms with van der Waals surface area (Å²) in [7, 11) is 0. The second-order valence-corrected chi connectivity index (χ2v) is 7.50. The number of aryl methyl sites for hydroxylation is 3. The lowest BCUT2D eigenvalue weighted by Gasteiger charge is -2.16. The third kappa shape index (κ3) is 5.19. The van der Waals surface area contributed by atoms with Gasteiger partial charge in [0.25, 0.3) is 0 Å². The van der Waals surface area contributed by atoms with E-state index < -0.39 is 11.2 Å². The first kappa shape index (κ1) is 20.7. The number of aromatic nitrogens is 2. The number of hydrogen-bond acceptors (Lipinski definition) is 7. The predicted octanol–water partition coefficient (Wildman–Crippen LogP) is 3.28. The van der Waals surface area contributed by atoms with E-state index >= 15 is 0 Å². The summed E-state index contributed by atoms with van der Waals surface area (Å²) in [5, 5.41) is 2.84. The summed E-state index contributed by atoms with van der Waals surface area (Å²) in [6.07, 6.45) is 1.32. The van der Waals surface area contributed by atoms with Crippen LogP contribution >= 0.6 is 11.8 Å². The number of nitrogens with one attached hydrogen (secondary N) is 1. The molecular formula is C19H24N4O3S. The van der Waals surface area contributed by atoms with Crippen LogP contribution in [-0.4, -0.2) is 33.7 Å². The monoisotopic (exact) mass is 388 g/mol. The fourth-order valence-electron chi connectivity index (χ4n) is 2.61. The summed E-state index contributed by atoms with van der Waals surface area (Å²) in [5.41, 5.74) is 9.92. The van der Waals surface area contributed by atoms with Gasteiger partial charge in [0, 0.05) is 11.9 Å². The molecule has 2 rings (SSSR count). The largest absolute Gasteiger partial charge is 0.462 e. The van der Waals surface area contributed by atoms with Crippen LogP contribution in [0.5, 0.6) is 0 Å². The third-order valence-corrected chi connectivity index (χ3v) is 4.84. The average molecular weight is 388 g/mol. The number of anilines is 2. The number of hydrogen-bond donors (Lipinski definition) is 2. The van der Waals surface area contributed by atoms with Crippen LogP contribution in [0.2, 0.25) is 0 Å². The Morgan fingerprint density at radius 2 is 1.89 bits per heavy atom. The molecule has 0 fully saturated rings. The summed E-state index contributed by atoms with van der Waals surface area (Å²) in [6, 6.07) is 4.05. The summed E-state index contributed by atoms with van der Waals surface area (Å²) < 4.78 is 4.90. The van der Waals surface area contributed by atoms with Crippen LogP contribution in [0.3, 0.4) is 0 Å². The average Bonchev–Trinajstić information content (AvgIpc) is 2.58. The van der Waals surface area contributed by atoms with Crippen molar-refractivity contribution >= 4 is 35.1 Å². The van der Waals surface area contributed by atoms with Gasteiger partial charge in [-0.05, 0) is 45.7 Å². The molecule has 7 nitrogen and oxygen atoms in total. The van der Waals surface area contributed by atoms with Crippen molar-refractivity contribution in [2.45, 2.75) is 45.0 Å². The zero-order valence-electron chi connectivity index (χ0n) is 16.1. The highest BCUT2D eigenvalue weighted by Crippen LogP contribution is 2.26. The first-order valence-electron chi connectivity index (χ1n) is 8.58. The Labute approximate surface area is 163 Å². The molecule has 1 aromatic carbocycles. The van der Waals surface area contributed by atoms with Crippen molar-refractivity contribution in [1.29, 1.82) is 0 Å². The number of esters is 1. The van der Waals surface area contributed by atoms with Crippen LogP contribution in [0.25, 0.3) is 0 Å². The fourth-order valence-corrected chi connectivity index (χ4v) is 3.36. The number of carbonyl (C=O) groups is 2. The summed E-state index contributed by atoms with van der Waals surface area (Å²) in [5.74, 6) is -0.696. The molecule has 2 aromatic rings. The Bertz CT molecular complexity index is 847. The van der Waals surface area contributed by atoms with Crippen molar-refractivity contribution < 1.29 is 14.3 Å². The maximum Gasteiger partial charge on any atom is 0.343 e. The summed E-state index contributed by atoms with van der Waals surface area (Å²) >= 11 is 1.17. The van der Waals surface area contributed by atoms with Gasteiger partial charge in [-0.25, -0.2) is 14.8 Å². The van der Waals surface area contributed by atoms with Crippen molar-refractivity contribution in [3.63, 3.8) is 0 Å². The van der Waals surface area contributed by atoms with Crippen LogP contribution < -0.4 is 11.1 Å². The van der Waals surface area contributed by atoms with E-state index in [-0.39, 0.29) is 23.9 Å². The molecule has 0 aliphatic carbocycles. The second-order valence-electron chi connectivity index (χ2n) is 6.20. The van der Waals surface area contributed by atoms with Gasteiger partial charge in [0.1, 0.15) is 11.4 Å². The molecule has 27 heavy (non-hydrogen) atoms. The number of amides is 1. The van der Waals surface area contributed by atoms with E-state index in [9.17, 15) is 9.59 Å². The highest BCUT2D eigenvalue weighted by Gasteiger charge is 2.20. The molecule has 0 aliphatic rings. The van der Waals surface area contributed by atoms with Gasteiger partial charge >= 0.3 is 5.97 Å². The molecule has 0 spiro atoms. The molecule has 0 saturated carbocycles. The van der Waals surface area contributed by atoms with Crippen LogP contribution in [-0.2, 0) is 9.53 Å². The molecule has 0 aliphatic heterocycles. The minimum absolute atomic E-state index is 0.0313. The van der Waals surface area contributed by atoms with Crippen molar-refractivity contribution in [3.8, 4) is 0 Å². The number of carbonyl (C=O) groups excluding carboxylic acids is 2. The number of nitrogens with two attached hydrogens (primary N) is 1. The van der Waals surface area contributed by atoms with Gasteiger partial charge < -0.3 is 15.8 Å². The normalized spacial score (nSPS) is 11.7. The summed E-state index contributed by atoms with van der Waals surface area (Å²) in [6.45, 7) is 9.65. The Hall–Kier alpha value is -2.61. The lowest BCUT2D eigenvalue weighted by atomic mass is 10.1. The summed E-state index contributed by atoms with van der Waals surface area (Å²) in [4.78, 5) is 32.5. The zero-order chi connectivity index (χ0) is 20.1. The fraction of sp³-hybridized carbons (Fsp3) is 0.368. The van der Waals surface area contributed by atoms with Crippen molar-refractivity contribution in [1.82, 2.24) is 9.97 Å². The van der Waals surface area contributed by atoms with E-state index in [1.165, 1.54) is 18.0 Å². The molecule has 0 bridgehead atoms. The van der Waals surface area contributed by atoms with Crippen LogP contribution in [0.15, 0.2) is 23.5 Å². The van der Waals surface area contributed by atoms with Gasteiger partial charge in [-0.2, -0.15) is 0 Å². The molecule has 1 heterocycles. The van der Waals surface area contributed by atoms with Crippen molar-refractivity contribution in [2.75, 3.05) is 17.7 Å². The third-order valence-electron chi connectivity index (χ3n) is 3.87. The smallest absolute Gasteiger partial charge is 0.343 e. The van der Waals surface area contributed by atoms with E-state index in [0.717, 1.165) is 22.4 Å². The van der Waals surface area contributed by atoms with Gasteiger partial charge in [0.15, 0.2) is 5.16 Å². The van der Waals surface area contributed by atoms with E-state index in [1.807, 2.05) is 32.9 Å². The molecule has 144 valence electrons. The number of nitrogen functional groups attached to an aromatic ring is 1. The second kappa shape index (κ2) is 8.85. The minimum atomic E-state index is -0.567. The van der Waals surface area contributed by atoms with Crippen LogP contribution in [0, 0.1) is 20.8 Å². The van der Waals surface area contributed by atoms with E-state index in [4.69, 9.17) is 10.5 Å². The lowest BCUT2D eigenvalue weighted by Crippen LogP contribution is -2.24. The Morgan fingerprint density at radius 1 is 1.26 bits per heavy atom. The Kier molecular flexibility index (Phi) is 6.79. The molecule has 0 radical (unpaired) electrons. The predicted molar refractivity (Wildman–Crippen MR) is 107 cm³/mol. The maximum absolute atomic E-state index is 12.6. The van der Waals surface area contributed by atoms with Gasteiger partial charge in [0.2, 0.25) is 5.91 Å². The first-order chi connectivity index (χ1) is 12.7. The number of nitrogens with zero attached hydrogens (tertiary/aromatic N) is 2. The van der Waals surface area contributed by atoms with Crippen LogP contribution in [0.1, 0.15) is 40.9 Å². The quantitative estimate of drug-likeness (QED) is 0.444. The molecular weight excluding hydrogens is 364 g/mol. The van der Waals surface area contributed by atoms with E-state index in [1.54, 1.807) is 13.8 Å². The SMILES string of the molecule is CCOC(=O)c1cnc(S[C@@H](C)C(=O)Nc2c(C)cc(C)cc2C)nc1N. The van der Waals surface area contributed by atoms with E-state index in [2.05, 4.69) is 15.3 Å². The van der Waals surface area contributed by atoms with Gasteiger partial charge in [-0.15, -0.1) is 0 Å². The molecule has 0 saturated heterocycles. The maximum atomic E-state index is 12.6. The zero-order valence-corrected chi connectivity index (χ0v) is 16.9. The first-order valence-corrected chi connectivity index (χ1v) is 9.45. The molecule has 8 heteroatoms. The van der Waals surface area contributed by atoms with Crippen molar-refractivity contribution in [3.05, 3.63) is 40.6 Å². The standard InChI is InChI=1S/C19H24N4O3S/c1-6-26-18(25)14-9-21-19(23-16(14)20)27-13(5)17(24)22-15-11(3)7-10(2)8-12(15)4/h7-9,13H,6H2,1-5H3,(H,22,24)(H2,20,21,23)/t13-/m0/s1.